The van der Waals surface area contributed by atoms with Gasteiger partial charge in [-0.1, -0.05) is 24.3 Å². The Morgan fingerprint density at radius 2 is 2.11 bits per heavy atom. The second kappa shape index (κ2) is 4.94. The van der Waals surface area contributed by atoms with Crippen LogP contribution in [-0.2, 0) is 13.1 Å². The van der Waals surface area contributed by atoms with Crippen molar-refractivity contribution in [3.8, 4) is 11.3 Å². The summed E-state index contributed by atoms with van der Waals surface area (Å²) in [5, 5.41) is 7.94. The van der Waals surface area contributed by atoms with Crippen LogP contribution in [0.1, 0.15) is 25.3 Å². The van der Waals surface area contributed by atoms with Crippen LogP contribution < -0.4 is 5.32 Å². The number of aryl methyl sites for hydroxylation is 1. The zero-order valence-electron chi connectivity index (χ0n) is 10.8. The minimum absolute atomic E-state index is 0.745. The second-order valence-corrected chi connectivity index (χ2v) is 4.84. The van der Waals surface area contributed by atoms with Gasteiger partial charge in [-0.3, -0.25) is 4.68 Å². The standard InChI is InChI=1S/C15H19N3/c1-2-18-15(9-10-17-18)14-6-4-3-5-12(14)11-16-13-7-8-13/h3-6,9-10,13,16H,2,7-8,11H2,1H3. The molecule has 1 aromatic carbocycles. The molecule has 0 atom stereocenters. The molecule has 0 unspecified atom stereocenters. The molecule has 94 valence electrons. The summed E-state index contributed by atoms with van der Waals surface area (Å²) in [6.45, 7) is 3.99. The van der Waals surface area contributed by atoms with E-state index in [0.717, 1.165) is 19.1 Å². The SMILES string of the molecule is CCn1nccc1-c1ccccc1CNC1CC1. The van der Waals surface area contributed by atoms with Gasteiger partial charge in [0.25, 0.3) is 0 Å². The lowest BCUT2D eigenvalue weighted by Crippen LogP contribution is -2.16. The van der Waals surface area contributed by atoms with Gasteiger partial charge in [-0.2, -0.15) is 5.10 Å². The van der Waals surface area contributed by atoms with Crippen molar-refractivity contribution in [3.05, 3.63) is 42.1 Å². The van der Waals surface area contributed by atoms with Crippen LogP contribution in [-0.4, -0.2) is 15.8 Å². The number of aromatic nitrogens is 2. The van der Waals surface area contributed by atoms with Crippen molar-refractivity contribution in [3.63, 3.8) is 0 Å². The molecule has 1 fully saturated rings. The normalized spacial score (nSPS) is 14.9. The number of hydrogen-bond acceptors (Lipinski definition) is 2. The van der Waals surface area contributed by atoms with Crippen LogP contribution in [0.25, 0.3) is 11.3 Å². The molecule has 1 saturated carbocycles. The Kier molecular flexibility index (Phi) is 3.15. The molecule has 0 radical (unpaired) electrons. The summed E-state index contributed by atoms with van der Waals surface area (Å²) in [5.74, 6) is 0. The van der Waals surface area contributed by atoms with E-state index in [1.807, 2.05) is 6.20 Å². The first-order valence-electron chi connectivity index (χ1n) is 6.72. The van der Waals surface area contributed by atoms with Crippen LogP contribution >= 0.6 is 0 Å². The van der Waals surface area contributed by atoms with E-state index in [4.69, 9.17) is 0 Å². The lowest BCUT2D eigenvalue weighted by molar-refractivity contribution is 0.662. The summed E-state index contributed by atoms with van der Waals surface area (Å²) < 4.78 is 2.05. The predicted octanol–water partition coefficient (Wildman–Crippen LogP) is 2.82. The average Bonchev–Trinajstić information content (AvgIpc) is 3.12. The summed E-state index contributed by atoms with van der Waals surface area (Å²) in [7, 11) is 0. The quantitative estimate of drug-likeness (QED) is 0.872. The lowest BCUT2D eigenvalue weighted by Gasteiger charge is -2.11. The number of rotatable bonds is 5. The summed E-state index contributed by atoms with van der Waals surface area (Å²) >= 11 is 0. The van der Waals surface area contributed by atoms with Gasteiger partial charge in [-0.15, -0.1) is 0 Å². The van der Waals surface area contributed by atoms with Gasteiger partial charge in [-0.25, -0.2) is 0 Å². The zero-order chi connectivity index (χ0) is 12.4. The van der Waals surface area contributed by atoms with Crippen LogP contribution in [0.3, 0.4) is 0 Å². The third kappa shape index (κ3) is 2.31. The third-order valence-corrected chi connectivity index (χ3v) is 3.47. The van der Waals surface area contributed by atoms with Gasteiger partial charge in [0.05, 0.1) is 5.69 Å². The maximum Gasteiger partial charge on any atom is 0.0685 e. The first kappa shape index (κ1) is 11.5. The van der Waals surface area contributed by atoms with Gasteiger partial charge in [0.2, 0.25) is 0 Å². The van der Waals surface area contributed by atoms with E-state index < -0.39 is 0 Å². The Morgan fingerprint density at radius 3 is 2.89 bits per heavy atom. The van der Waals surface area contributed by atoms with E-state index in [2.05, 4.69) is 52.4 Å². The summed E-state index contributed by atoms with van der Waals surface area (Å²) in [4.78, 5) is 0. The molecule has 1 N–H and O–H groups in total. The van der Waals surface area contributed by atoms with Crippen molar-refractivity contribution in [2.24, 2.45) is 0 Å². The molecule has 1 heterocycles. The topological polar surface area (TPSA) is 29.9 Å². The molecule has 0 amide bonds. The highest BCUT2D eigenvalue weighted by Gasteiger charge is 2.20. The first-order valence-corrected chi connectivity index (χ1v) is 6.72. The van der Waals surface area contributed by atoms with Crippen LogP contribution in [0.2, 0.25) is 0 Å². The highest BCUT2D eigenvalue weighted by Crippen LogP contribution is 2.25. The van der Waals surface area contributed by atoms with Crippen molar-refractivity contribution in [2.75, 3.05) is 0 Å². The minimum atomic E-state index is 0.745. The van der Waals surface area contributed by atoms with E-state index in [0.29, 0.717) is 0 Å². The molecule has 3 heteroatoms. The van der Waals surface area contributed by atoms with Gasteiger partial charge in [-0.05, 0) is 31.4 Å². The molecule has 1 aromatic heterocycles. The van der Waals surface area contributed by atoms with Crippen molar-refractivity contribution in [1.82, 2.24) is 15.1 Å². The van der Waals surface area contributed by atoms with Crippen LogP contribution in [0.15, 0.2) is 36.5 Å². The predicted molar refractivity (Wildman–Crippen MR) is 73.2 cm³/mol. The van der Waals surface area contributed by atoms with Crippen LogP contribution in [0, 0.1) is 0 Å². The highest BCUT2D eigenvalue weighted by atomic mass is 15.3. The highest BCUT2D eigenvalue weighted by molar-refractivity contribution is 5.63. The molecule has 3 nitrogen and oxygen atoms in total. The van der Waals surface area contributed by atoms with E-state index in [-0.39, 0.29) is 0 Å². The Bertz CT molecular complexity index is 526. The van der Waals surface area contributed by atoms with Gasteiger partial charge >= 0.3 is 0 Å². The first-order chi connectivity index (χ1) is 8.88. The van der Waals surface area contributed by atoms with E-state index >= 15 is 0 Å². The monoisotopic (exact) mass is 241 g/mol. The fourth-order valence-corrected chi connectivity index (χ4v) is 2.28. The van der Waals surface area contributed by atoms with Crippen molar-refractivity contribution in [2.45, 2.75) is 38.9 Å². The van der Waals surface area contributed by atoms with Crippen molar-refractivity contribution >= 4 is 0 Å². The van der Waals surface area contributed by atoms with E-state index in [1.165, 1.54) is 29.7 Å². The van der Waals surface area contributed by atoms with Crippen LogP contribution in [0.5, 0.6) is 0 Å². The van der Waals surface area contributed by atoms with Crippen molar-refractivity contribution in [1.29, 1.82) is 0 Å². The summed E-state index contributed by atoms with van der Waals surface area (Å²) in [6, 6.07) is 11.4. The fraction of sp³-hybridized carbons (Fsp3) is 0.400. The van der Waals surface area contributed by atoms with Gasteiger partial charge in [0.1, 0.15) is 0 Å². The molecule has 2 aromatic rings. The Labute approximate surface area is 108 Å². The van der Waals surface area contributed by atoms with Gasteiger partial charge < -0.3 is 5.32 Å². The van der Waals surface area contributed by atoms with E-state index in [9.17, 15) is 0 Å². The molecule has 18 heavy (non-hydrogen) atoms. The average molecular weight is 241 g/mol. The summed E-state index contributed by atoms with van der Waals surface area (Å²) in [5.41, 5.74) is 3.87. The molecule has 1 aliphatic rings. The lowest BCUT2D eigenvalue weighted by atomic mass is 10.0. The molecule has 0 bridgehead atoms. The van der Waals surface area contributed by atoms with Crippen LogP contribution in [0.4, 0.5) is 0 Å². The molecular weight excluding hydrogens is 222 g/mol. The molecule has 0 saturated heterocycles. The number of nitrogens with one attached hydrogen (secondary N) is 1. The van der Waals surface area contributed by atoms with E-state index in [1.54, 1.807) is 0 Å². The molecule has 1 aliphatic carbocycles. The second-order valence-electron chi connectivity index (χ2n) is 4.84. The fourth-order valence-electron chi connectivity index (χ4n) is 2.28. The molecule has 0 spiro atoms. The smallest absolute Gasteiger partial charge is 0.0685 e. The zero-order valence-corrected chi connectivity index (χ0v) is 10.8. The minimum Gasteiger partial charge on any atom is -0.310 e. The third-order valence-electron chi connectivity index (χ3n) is 3.47. The maximum atomic E-state index is 4.36. The molecule has 0 aliphatic heterocycles. The Balaban J connectivity index is 1.89. The largest absolute Gasteiger partial charge is 0.310 e. The Hall–Kier alpha value is -1.61. The van der Waals surface area contributed by atoms with Crippen molar-refractivity contribution < 1.29 is 0 Å². The molecular formula is C15H19N3. The number of nitrogens with zero attached hydrogens (tertiary/aromatic N) is 2. The van der Waals surface area contributed by atoms with Gasteiger partial charge in [0, 0.05) is 30.9 Å². The maximum absolute atomic E-state index is 4.36. The number of benzene rings is 1. The summed E-state index contributed by atoms with van der Waals surface area (Å²) in [6.07, 6.45) is 4.54. The molecule has 3 rings (SSSR count). The Morgan fingerprint density at radius 1 is 1.28 bits per heavy atom. The van der Waals surface area contributed by atoms with Gasteiger partial charge in [0.15, 0.2) is 0 Å². The number of hydrogen-bond donors (Lipinski definition) is 1.